The summed E-state index contributed by atoms with van der Waals surface area (Å²) in [4.78, 5) is 17.3. The molecule has 0 aliphatic carbocycles. The molecule has 2 aromatic carbocycles. The number of rotatable bonds is 4. The molecule has 0 radical (unpaired) electrons. The lowest BCUT2D eigenvalue weighted by Gasteiger charge is -2.28. The number of carbonyl (C=O) groups excluding carboxylic acids is 1. The lowest BCUT2D eigenvalue weighted by molar-refractivity contribution is -0.142. The molecule has 0 fully saturated rings. The van der Waals surface area contributed by atoms with Crippen molar-refractivity contribution >= 4 is 27.5 Å². The van der Waals surface area contributed by atoms with Gasteiger partial charge in [0.15, 0.2) is 5.69 Å². The highest BCUT2D eigenvalue weighted by Gasteiger charge is 2.33. The first kappa shape index (κ1) is 25.2. The summed E-state index contributed by atoms with van der Waals surface area (Å²) in [5.74, 6) is -0.286. The van der Waals surface area contributed by atoms with Crippen LogP contribution < -0.4 is 5.32 Å². The van der Waals surface area contributed by atoms with Crippen LogP contribution in [-0.4, -0.2) is 51.7 Å². The number of hydrogen-bond acceptors (Lipinski definition) is 4. The van der Waals surface area contributed by atoms with Crippen molar-refractivity contribution in [2.24, 2.45) is 0 Å². The summed E-state index contributed by atoms with van der Waals surface area (Å²) in [6.45, 7) is 3.58. The van der Waals surface area contributed by atoms with Crippen molar-refractivity contribution in [3.63, 3.8) is 0 Å². The van der Waals surface area contributed by atoms with E-state index < -0.39 is 11.9 Å². The molecule has 3 aromatic rings. The number of nitrogens with zero attached hydrogens (tertiary/aromatic N) is 4. The zero-order chi connectivity index (χ0) is 24.8. The Kier molecular flexibility index (Phi) is 8.12. The summed E-state index contributed by atoms with van der Waals surface area (Å²) in [6.07, 6.45) is -2.41. The highest BCUT2D eigenvalue weighted by atomic mass is 79.9. The molecular weight excluding hydrogens is 523 g/mol. The predicted octanol–water partition coefficient (Wildman–Crippen LogP) is 5.01. The number of alkyl halides is 3. The number of nitrogens with one attached hydrogen (secondary N) is 1. The zero-order valence-corrected chi connectivity index (χ0v) is 20.7. The topological polar surface area (TPSA) is 53.4 Å². The Morgan fingerprint density at radius 3 is 2.60 bits per heavy atom. The maximum absolute atomic E-state index is 13.3. The molecule has 0 saturated carbocycles. The summed E-state index contributed by atoms with van der Waals surface area (Å²) in [5, 5.41) is 7.02. The van der Waals surface area contributed by atoms with Crippen molar-refractivity contribution in [3.8, 4) is 0 Å². The Morgan fingerprint density at radius 2 is 1.86 bits per heavy atom. The van der Waals surface area contributed by atoms with Crippen LogP contribution in [0, 0.1) is 0 Å². The van der Waals surface area contributed by atoms with E-state index in [1.165, 1.54) is 11.8 Å². The van der Waals surface area contributed by atoms with Crippen molar-refractivity contribution in [1.82, 2.24) is 19.6 Å². The lowest BCUT2D eigenvalue weighted by atomic mass is 10.1. The van der Waals surface area contributed by atoms with Crippen molar-refractivity contribution < 1.29 is 18.0 Å². The third-order valence-electron chi connectivity index (χ3n) is 5.91. The summed E-state index contributed by atoms with van der Waals surface area (Å²) in [6, 6.07) is 16.9. The zero-order valence-electron chi connectivity index (χ0n) is 19.1. The molecule has 6 nitrogen and oxygen atoms in total. The number of carbonyl (C=O) groups is 1. The van der Waals surface area contributed by atoms with Crippen molar-refractivity contribution in [2.45, 2.75) is 32.2 Å². The molecule has 186 valence electrons. The molecule has 4 rings (SSSR count). The van der Waals surface area contributed by atoms with Gasteiger partial charge in [0.1, 0.15) is 6.54 Å². The molecule has 0 unspecified atom stereocenters. The number of anilines is 1. The minimum atomic E-state index is -4.54. The average Bonchev–Trinajstić information content (AvgIpc) is 3.28. The van der Waals surface area contributed by atoms with Gasteiger partial charge in [-0.05, 0) is 41.8 Å². The van der Waals surface area contributed by atoms with Crippen LogP contribution in [0.1, 0.15) is 23.2 Å². The third-order valence-corrected chi connectivity index (χ3v) is 6.40. The lowest BCUT2D eigenvalue weighted by Crippen LogP contribution is -2.40. The van der Waals surface area contributed by atoms with Gasteiger partial charge in [0.2, 0.25) is 5.91 Å². The van der Waals surface area contributed by atoms with Gasteiger partial charge in [-0.2, -0.15) is 18.3 Å². The molecule has 10 heteroatoms. The van der Waals surface area contributed by atoms with Crippen molar-refractivity contribution in [3.05, 3.63) is 82.1 Å². The van der Waals surface area contributed by atoms with Gasteiger partial charge in [0.25, 0.3) is 0 Å². The highest BCUT2D eigenvalue weighted by molar-refractivity contribution is 9.10. The van der Waals surface area contributed by atoms with Gasteiger partial charge < -0.3 is 10.2 Å². The molecule has 0 spiro atoms. The molecule has 1 aliphatic heterocycles. The summed E-state index contributed by atoms with van der Waals surface area (Å²) >= 11 is 3.50. The van der Waals surface area contributed by atoms with Gasteiger partial charge in [-0.25, -0.2) is 0 Å². The van der Waals surface area contributed by atoms with E-state index in [2.05, 4.69) is 43.4 Å². The number of fused-ring (bicyclic) bond motifs is 1. The maximum atomic E-state index is 13.3. The molecule has 0 bridgehead atoms. The van der Waals surface area contributed by atoms with Gasteiger partial charge >= 0.3 is 6.18 Å². The Bertz CT molecular complexity index is 1140. The molecule has 35 heavy (non-hydrogen) atoms. The average molecular weight is 550 g/mol. The molecule has 1 aromatic heterocycles. The first-order valence-corrected chi connectivity index (χ1v) is 12.2. The number of hydrogen-bond donors (Lipinski definition) is 1. The first-order valence-electron chi connectivity index (χ1n) is 11.4. The Morgan fingerprint density at radius 1 is 1.06 bits per heavy atom. The van der Waals surface area contributed by atoms with Crippen LogP contribution in [0.25, 0.3) is 0 Å². The second-order valence-corrected chi connectivity index (χ2v) is 9.47. The van der Waals surface area contributed by atoms with E-state index in [0.717, 1.165) is 52.5 Å². The van der Waals surface area contributed by atoms with Gasteiger partial charge in [-0.15, -0.1) is 0 Å². The fourth-order valence-electron chi connectivity index (χ4n) is 4.10. The van der Waals surface area contributed by atoms with Gasteiger partial charge in [-0.3, -0.25) is 14.4 Å². The van der Waals surface area contributed by atoms with Gasteiger partial charge in [0, 0.05) is 55.6 Å². The first-order chi connectivity index (χ1) is 16.8. The van der Waals surface area contributed by atoms with Crippen LogP contribution in [0.4, 0.5) is 18.9 Å². The van der Waals surface area contributed by atoms with E-state index in [4.69, 9.17) is 0 Å². The predicted molar refractivity (Wildman–Crippen MR) is 132 cm³/mol. The number of benzene rings is 2. The monoisotopic (exact) mass is 549 g/mol. The molecule has 1 amide bonds. The van der Waals surface area contributed by atoms with Gasteiger partial charge in [-0.1, -0.05) is 46.3 Å². The Hall–Kier alpha value is -2.85. The molecule has 0 atom stereocenters. The molecule has 0 saturated heterocycles. The Balaban J connectivity index is 1.54. The minimum absolute atomic E-state index is 0.258. The van der Waals surface area contributed by atoms with Crippen LogP contribution in [0.3, 0.4) is 0 Å². The third kappa shape index (κ3) is 7.08. The van der Waals surface area contributed by atoms with Crippen LogP contribution in [-0.2, 0) is 30.6 Å². The van der Waals surface area contributed by atoms with Crippen molar-refractivity contribution in [2.75, 3.05) is 31.5 Å². The second kappa shape index (κ2) is 11.3. The summed E-state index contributed by atoms with van der Waals surface area (Å²) < 4.78 is 40.8. The SMILES string of the molecule is O=C(Cn1ccc(C(F)(F)F)n1)N1CCN(Cc2ccccc2)CCCNc2ccc(Br)cc2C1. The van der Waals surface area contributed by atoms with E-state index in [1.54, 1.807) is 4.90 Å². The van der Waals surface area contributed by atoms with E-state index in [0.29, 0.717) is 19.6 Å². The quantitative estimate of drug-likeness (QED) is 0.497. The highest BCUT2D eigenvalue weighted by Crippen LogP contribution is 2.27. The molecule has 1 N–H and O–H groups in total. The van der Waals surface area contributed by atoms with Crippen LogP contribution >= 0.6 is 15.9 Å². The van der Waals surface area contributed by atoms with Crippen LogP contribution in [0.2, 0.25) is 0 Å². The molecule has 2 heterocycles. The van der Waals surface area contributed by atoms with Gasteiger partial charge in [0.05, 0.1) is 0 Å². The number of halogens is 4. The van der Waals surface area contributed by atoms with E-state index in [1.807, 2.05) is 36.4 Å². The van der Waals surface area contributed by atoms with Crippen LogP contribution in [0.5, 0.6) is 0 Å². The normalized spacial score (nSPS) is 15.7. The minimum Gasteiger partial charge on any atom is -0.385 e. The fraction of sp³-hybridized carbons (Fsp3) is 0.360. The van der Waals surface area contributed by atoms with Crippen molar-refractivity contribution in [1.29, 1.82) is 0 Å². The number of amides is 1. The second-order valence-electron chi connectivity index (χ2n) is 8.56. The summed E-state index contributed by atoms with van der Waals surface area (Å²) in [5.41, 5.74) is 2.08. The van der Waals surface area contributed by atoms with E-state index in [9.17, 15) is 18.0 Å². The van der Waals surface area contributed by atoms with Crippen LogP contribution in [0.15, 0.2) is 65.3 Å². The molecule has 1 aliphatic rings. The molecular formula is C25H27BrF3N5O. The largest absolute Gasteiger partial charge is 0.435 e. The number of aromatic nitrogens is 2. The fourth-order valence-corrected chi connectivity index (χ4v) is 4.51. The Labute approximate surface area is 210 Å². The maximum Gasteiger partial charge on any atom is 0.435 e. The van der Waals surface area contributed by atoms with E-state index in [-0.39, 0.29) is 12.5 Å². The smallest absolute Gasteiger partial charge is 0.385 e. The standard InChI is InChI=1S/C25H27BrF3N5O/c26-21-7-8-22-20(15-21)17-33(24(35)18-34-12-9-23(31-34)25(27,28)29)14-13-32(11-4-10-30-22)16-19-5-2-1-3-6-19/h1-3,5-9,12,15,30H,4,10-11,13-14,16-18H2. The van der Waals surface area contributed by atoms with E-state index >= 15 is 0 Å². The summed E-state index contributed by atoms with van der Waals surface area (Å²) in [7, 11) is 0.